The minimum absolute atomic E-state index is 1.13. The molecule has 0 aliphatic carbocycles. The predicted molar refractivity (Wildman–Crippen MR) is 184 cm³/mol. The first-order valence-corrected chi connectivity index (χ1v) is 15.3. The van der Waals surface area contributed by atoms with E-state index >= 15 is 0 Å². The monoisotopic (exact) mass is 565 g/mol. The zero-order valence-electron chi connectivity index (χ0n) is 23.4. The molecule has 0 radical (unpaired) electrons. The van der Waals surface area contributed by atoms with Gasteiger partial charge in [-0.2, -0.15) is 0 Å². The Morgan fingerprint density at radius 2 is 0.744 bits per heavy atom. The number of fused-ring (bicyclic) bond motifs is 3. The summed E-state index contributed by atoms with van der Waals surface area (Å²) in [4.78, 5) is 4.28. The number of rotatable bonds is 5. The third-order valence-corrected chi connectivity index (χ3v) is 9.52. The third-order valence-electron chi connectivity index (χ3n) is 8.24. The molecule has 8 aromatic rings. The van der Waals surface area contributed by atoms with E-state index in [1.165, 1.54) is 70.2 Å². The molecule has 202 valence electrons. The normalized spacial score (nSPS) is 11.3. The highest BCUT2D eigenvalue weighted by atomic mass is 32.1. The van der Waals surface area contributed by atoms with Crippen LogP contribution in [0.3, 0.4) is 0 Å². The number of nitrogens with zero attached hydrogens (tertiary/aromatic N) is 1. The highest BCUT2D eigenvalue weighted by molar-refractivity contribution is 7.26. The molecular weight excluding hydrogens is 539 g/mol. The Bertz CT molecular complexity index is 2180. The van der Waals surface area contributed by atoms with Crippen LogP contribution in [-0.2, 0) is 0 Å². The Kier molecular flexibility index (Phi) is 6.40. The standard InChI is InChI=1S/C41H27NS/c1-2-7-28(8-3-1)29-14-16-30(17-15-29)31-18-22-33(23-19-31)36-10-4-12-38-39-13-5-11-37(41(39)43-40(36)38)34-24-20-32(21-25-34)35-9-6-26-42-27-35/h1-27H. The lowest BCUT2D eigenvalue weighted by atomic mass is 9.97. The van der Waals surface area contributed by atoms with Gasteiger partial charge in [0.15, 0.2) is 0 Å². The SMILES string of the molecule is c1ccc(-c2ccc(-c3ccc(-c4cccc5c4sc4c(-c6ccc(-c7cccnc7)cc6)cccc45)cc3)cc2)cc1. The highest BCUT2D eigenvalue weighted by Gasteiger charge is 2.14. The molecular formula is C41H27NS. The van der Waals surface area contributed by atoms with Crippen molar-refractivity contribution >= 4 is 31.5 Å². The van der Waals surface area contributed by atoms with E-state index in [0.29, 0.717) is 0 Å². The van der Waals surface area contributed by atoms with Gasteiger partial charge in [-0.3, -0.25) is 4.98 Å². The largest absolute Gasteiger partial charge is 0.264 e. The maximum absolute atomic E-state index is 4.28. The van der Waals surface area contributed by atoms with E-state index < -0.39 is 0 Å². The minimum atomic E-state index is 1.13. The Balaban J connectivity index is 1.14. The van der Waals surface area contributed by atoms with Gasteiger partial charge in [-0.25, -0.2) is 0 Å². The van der Waals surface area contributed by atoms with Crippen molar-refractivity contribution in [3.63, 3.8) is 0 Å². The van der Waals surface area contributed by atoms with Crippen LogP contribution in [0.1, 0.15) is 0 Å². The molecule has 0 aliphatic rings. The predicted octanol–water partition coefficient (Wildman–Crippen LogP) is 11.8. The van der Waals surface area contributed by atoms with Crippen molar-refractivity contribution in [2.75, 3.05) is 0 Å². The van der Waals surface area contributed by atoms with Gasteiger partial charge in [0.1, 0.15) is 0 Å². The maximum atomic E-state index is 4.28. The molecule has 1 nitrogen and oxygen atoms in total. The van der Waals surface area contributed by atoms with Crippen molar-refractivity contribution in [3.05, 3.63) is 164 Å². The van der Waals surface area contributed by atoms with Crippen LogP contribution < -0.4 is 0 Å². The molecule has 0 N–H and O–H groups in total. The molecule has 0 bridgehead atoms. The van der Waals surface area contributed by atoms with Gasteiger partial charge in [-0.1, -0.05) is 146 Å². The van der Waals surface area contributed by atoms with Gasteiger partial charge >= 0.3 is 0 Å². The van der Waals surface area contributed by atoms with E-state index in [1.807, 2.05) is 29.8 Å². The maximum Gasteiger partial charge on any atom is 0.0434 e. The summed E-state index contributed by atoms with van der Waals surface area (Å²) in [5, 5.41) is 2.62. The van der Waals surface area contributed by atoms with Gasteiger partial charge < -0.3 is 0 Å². The van der Waals surface area contributed by atoms with E-state index in [2.05, 4.69) is 151 Å². The molecule has 0 atom stereocenters. The Morgan fingerprint density at radius 1 is 0.326 bits per heavy atom. The van der Waals surface area contributed by atoms with Crippen molar-refractivity contribution in [1.82, 2.24) is 4.98 Å². The third kappa shape index (κ3) is 4.72. The van der Waals surface area contributed by atoms with Crippen LogP contribution in [0.2, 0.25) is 0 Å². The second kappa shape index (κ2) is 10.8. The summed E-state index contributed by atoms with van der Waals surface area (Å²) in [5.41, 5.74) is 12.3. The van der Waals surface area contributed by atoms with Gasteiger partial charge in [-0.05, 0) is 61.7 Å². The van der Waals surface area contributed by atoms with Crippen LogP contribution in [-0.4, -0.2) is 4.98 Å². The lowest BCUT2D eigenvalue weighted by Crippen LogP contribution is -1.82. The van der Waals surface area contributed by atoms with Crippen LogP contribution in [0, 0.1) is 0 Å². The van der Waals surface area contributed by atoms with E-state index in [0.717, 1.165) is 5.56 Å². The number of hydrogen-bond donors (Lipinski definition) is 0. The molecule has 0 unspecified atom stereocenters. The molecule has 0 saturated heterocycles. The summed E-state index contributed by atoms with van der Waals surface area (Å²) in [6, 6.07) is 54.7. The van der Waals surface area contributed by atoms with E-state index in [9.17, 15) is 0 Å². The number of benzene rings is 6. The molecule has 0 saturated carbocycles. The highest BCUT2D eigenvalue weighted by Crippen LogP contribution is 2.44. The fourth-order valence-corrected chi connectivity index (χ4v) is 7.35. The molecule has 2 heterocycles. The van der Waals surface area contributed by atoms with Gasteiger partial charge in [0.25, 0.3) is 0 Å². The number of aromatic nitrogens is 1. The molecule has 0 amide bonds. The zero-order chi connectivity index (χ0) is 28.6. The molecule has 0 fully saturated rings. The van der Waals surface area contributed by atoms with Crippen LogP contribution in [0.4, 0.5) is 0 Å². The second-order valence-electron chi connectivity index (χ2n) is 10.8. The molecule has 6 aromatic carbocycles. The van der Waals surface area contributed by atoms with Crippen molar-refractivity contribution in [2.45, 2.75) is 0 Å². The summed E-state index contributed by atoms with van der Waals surface area (Å²) in [6.07, 6.45) is 3.73. The summed E-state index contributed by atoms with van der Waals surface area (Å²) in [7, 11) is 0. The van der Waals surface area contributed by atoms with Crippen LogP contribution in [0.5, 0.6) is 0 Å². The van der Waals surface area contributed by atoms with Gasteiger partial charge in [-0.15, -0.1) is 11.3 Å². The lowest BCUT2D eigenvalue weighted by molar-refractivity contribution is 1.33. The molecule has 0 spiro atoms. The average Bonchev–Trinajstić information content (AvgIpc) is 3.49. The van der Waals surface area contributed by atoms with Crippen LogP contribution >= 0.6 is 11.3 Å². The van der Waals surface area contributed by atoms with Crippen molar-refractivity contribution in [2.24, 2.45) is 0 Å². The average molecular weight is 566 g/mol. The molecule has 2 heteroatoms. The van der Waals surface area contributed by atoms with Crippen molar-refractivity contribution in [1.29, 1.82) is 0 Å². The topological polar surface area (TPSA) is 12.9 Å². The second-order valence-corrected chi connectivity index (χ2v) is 11.8. The Labute approximate surface area is 255 Å². The first-order chi connectivity index (χ1) is 21.3. The zero-order valence-corrected chi connectivity index (χ0v) is 24.3. The molecule has 0 aliphatic heterocycles. The van der Waals surface area contributed by atoms with E-state index in [1.54, 1.807) is 0 Å². The van der Waals surface area contributed by atoms with E-state index in [-0.39, 0.29) is 0 Å². The first kappa shape index (κ1) is 25.4. The van der Waals surface area contributed by atoms with Crippen LogP contribution in [0.25, 0.3) is 75.8 Å². The first-order valence-electron chi connectivity index (χ1n) is 14.5. The summed E-state index contributed by atoms with van der Waals surface area (Å²) in [6.45, 7) is 0. The molecule has 8 rings (SSSR count). The van der Waals surface area contributed by atoms with Gasteiger partial charge in [0.2, 0.25) is 0 Å². The number of pyridine rings is 1. The van der Waals surface area contributed by atoms with Gasteiger partial charge in [0, 0.05) is 32.6 Å². The number of thiophene rings is 1. The lowest BCUT2D eigenvalue weighted by Gasteiger charge is -2.08. The Morgan fingerprint density at radius 3 is 1.21 bits per heavy atom. The van der Waals surface area contributed by atoms with Crippen LogP contribution in [0.15, 0.2) is 164 Å². The smallest absolute Gasteiger partial charge is 0.0434 e. The fourth-order valence-electron chi connectivity index (χ4n) is 5.98. The Hall–Kier alpha value is -5.31. The fraction of sp³-hybridized carbons (Fsp3) is 0. The summed E-state index contributed by atoms with van der Waals surface area (Å²) in [5.74, 6) is 0. The van der Waals surface area contributed by atoms with Crippen molar-refractivity contribution in [3.8, 4) is 55.6 Å². The molecule has 2 aromatic heterocycles. The molecule has 43 heavy (non-hydrogen) atoms. The quantitative estimate of drug-likeness (QED) is 0.202. The van der Waals surface area contributed by atoms with Gasteiger partial charge in [0.05, 0.1) is 0 Å². The van der Waals surface area contributed by atoms with Crippen molar-refractivity contribution < 1.29 is 0 Å². The van der Waals surface area contributed by atoms with E-state index in [4.69, 9.17) is 0 Å². The summed E-state index contributed by atoms with van der Waals surface area (Å²) < 4.78 is 2.66. The minimum Gasteiger partial charge on any atom is -0.264 e. The number of hydrogen-bond acceptors (Lipinski definition) is 2. The summed E-state index contributed by atoms with van der Waals surface area (Å²) >= 11 is 1.90.